The van der Waals surface area contributed by atoms with Gasteiger partial charge in [0, 0.05) is 0 Å². The Bertz CT molecular complexity index is 636. The summed E-state index contributed by atoms with van der Waals surface area (Å²) >= 11 is 5.58. The van der Waals surface area contributed by atoms with Crippen LogP contribution in [0.1, 0.15) is 11.1 Å². The van der Waals surface area contributed by atoms with E-state index >= 15 is 0 Å². The molecule has 0 heterocycles. The molecule has 0 aromatic heterocycles. The monoisotopic (exact) mass is 276 g/mol. The normalized spacial score (nSPS) is 11.4. The van der Waals surface area contributed by atoms with Gasteiger partial charge in [0.25, 0.3) is 0 Å². The molecule has 0 aliphatic heterocycles. The van der Waals surface area contributed by atoms with E-state index in [0.29, 0.717) is 11.1 Å². The van der Waals surface area contributed by atoms with Crippen LogP contribution in [0.5, 0.6) is 0 Å². The molecule has 0 amide bonds. The Kier molecular flexibility index (Phi) is 3.97. The Morgan fingerprint density at radius 1 is 1.16 bits per heavy atom. The van der Waals surface area contributed by atoms with E-state index in [0.717, 1.165) is 0 Å². The molecule has 2 aromatic rings. The van der Waals surface area contributed by atoms with E-state index in [1.807, 2.05) is 0 Å². The molecule has 19 heavy (non-hydrogen) atoms. The van der Waals surface area contributed by atoms with Crippen LogP contribution in [0.2, 0.25) is 5.02 Å². The van der Waals surface area contributed by atoms with Crippen LogP contribution in [0.3, 0.4) is 0 Å². The van der Waals surface area contributed by atoms with Crippen LogP contribution >= 0.6 is 11.6 Å². The molecule has 96 valence electrons. The second kappa shape index (κ2) is 5.67. The summed E-state index contributed by atoms with van der Waals surface area (Å²) in [4.78, 5) is 11.3. The molecule has 0 unspecified atom stereocenters. The van der Waals surface area contributed by atoms with Crippen molar-refractivity contribution in [1.82, 2.24) is 0 Å². The Hall–Kier alpha value is -2.13. The zero-order valence-corrected chi connectivity index (χ0v) is 10.6. The first-order valence-electron chi connectivity index (χ1n) is 5.53. The highest BCUT2D eigenvalue weighted by molar-refractivity contribution is 6.30. The van der Waals surface area contributed by atoms with Gasteiger partial charge in [-0.3, -0.25) is 0 Å². The lowest BCUT2D eigenvalue weighted by atomic mass is 10.0. The molecule has 0 saturated heterocycles. The molecular weight excluding hydrogens is 267 g/mol. The van der Waals surface area contributed by atoms with E-state index in [1.165, 1.54) is 18.2 Å². The second-order valence-corrected chi connectivity index (χ2v) is 4.31. The maximum absolute atomic E-state index is 13.3. The number of carboxylic acids is 1. The van der Waals surface area contributed by atoms with Crippen molar-refractivity contribution in [2.75, 3.05) is 0 Å². The molecule has 0 spiro atoms. The number of hydrogen-bond donors (Lipinski definition) is 1. The van der Waals surface area contributed by atoms with Crippen LogP contribution < -0.4 is 0 Å². The van der Waals surface area contributed by atoms with Gasteiger partial charge in [-0.2, -0.15) is 0 Å². The smallest absolute Gasteiger partial charge is 0.336 e. The minimum absolute atomic E-state index is 0.00809. The van der Waals surface area contributed by atoms with E-state index in [2.05, 4.69) is 0 Å². The van der Waals surface area contributed by atoms with Crippen molar-refractivity contribution in [3.63, 3.8) is 0 Å². The molecule has 0 atom stereocenters. The minimum Gasteiger partial charge on any atom is -0.478 e. The van der Waals surface area contributed by atoms with Crippen molar-refractivity contribution in [3.8, 4) is 0 Å². The molecule has 0 bridgehead atoms. The summed E-state index contributed by atoms with van der Waals surface area (Å²) in [6.45, 7) is 0. The highest BCUT2D eigenvalue weighted by atomic mass is 35.5. The van der Waals surface area contributed by atoms with Crippen LogP contribution in [-0.2, 0) is 4.79 Å². The van der Waals surface area contributed by atoms with E-state index in [-0.39, 0.29) is 10.6 Å². The van der Waals surface area contributed by atoms with Gasteiger partial charge in [0.15, 0.2) is 0 Å². The lowest BCUT2D eigenvalue weighted by Gasteiger charge is -2.03. The molecular formula is C15H10ClFO2. The molecule has 0 aliphatic carbocycles. The highest BCUT2D eigenvalue weighted by Gasteiger charge is 2.10. The number of hydrogen-bond acceptors (Lipinski definition) is 1. The summed E-state index contributed by atoms with van der Waals surface area (Å²) in [5.74, 6) is -1.64. The predicted molar refractivity (Wildman–Crippen MR) is 73.4 cm³/mol. The van der Waals surface area contributed by atoms with Crippen LogP contribution in [0.15, 0.2) is 48.5 Å². The first-order chi connectivity index (χ1) is 9.08. The lowest BCUT2D eigenvalue weighted by molar-refractivity contribution is -0.130. The molecule has 0 fully saturated rings. The van der Waals surface area contributed by atoms with Gasteiger partial charge >= 0.3 is 5.97 Å². The van der Waals surface area contributed by atoms with Gasteiger partial charge < -0.3 is 5.11 Å². The van der Waals surface area contributed by atoms with E-state index < -0.39 is 11.8 Å². The van der Waals surface area contributed by atoms with Gasteiger partial charge in [0.1, 0.15) is 5.82 Å². The average molecular weight is 277 g/mol. The molecule has 0 radical (unpaired) electrons. The third-order valence-corrected chi connectivity index (χ3v) is 2.88. The first-order valence-corrected chi connectivity index (χ1v) is 5.91. The fourth-order valence-electron chi connectivity index (χ4n) is 1.66. The maximum atomic E-state index is 13.3. The highest BCUT2D eigenvalue weighted by Crippen LogP contribution is 2.21. The summed E-state index contributed by atoms with van der Waals surface area (Å²) in [5.41, 5.74) is 1.11. The summed E-state index contributed by atoms with van der Waals surface area (Å²) in [7, 11) is 0. The van der Waals surface area contributed by atoms with Crippen molar-refractivity contribution in [2.24, 2.45) is 0 Å². The SMILES string of the molecule is O=C(O)C(=Cc1ccc(Cl)c(F)c1)c1ccccc1. The van der Waals surface area contributed by atoms with Crippen LogP contribution in [0.25, 0.3) is 11.6 Å². The number of carboxylic acid groups (broad SMARTS) is 1. The molecule has 4 heteroatoms. The first kappa shape index (κ1) is 13.3. The number of halogens is 2. The molecule has 2 nitrogen and oxygen atoms in total. The summed E-state index contributed by atoms with van der Waals surface area (Å²) in [5, 5.41) is 9.23. The Morgan fingerprint density at radius 2 is 1.84 bits per heavy atom. The van der Waals surface area contributed by atoms with Crippen LogP contribution in [0.4, 0.5) is 4.39 Å². The second-order valence-electron chi connectivity index (χ2n) is 3.90. The van der Waals surface area contributed by atoms with Gasteiger partial charge in [0.05, 0.1) is 10.6 Å². The number of aliphatic carboxylic acids is 1. The van der Waals surface area contributed by atoms with Gasteiger partial charge in [-0.25, -0.2) is 9.18 Å². The summed E-state index contributed by atoms with van der Waals surface area (Å²) in [6.07, 6.45) is 1.41. The third-order valence-electron chi connectivity index (χ3n) is 2.57. The largest absolute Gasteiger partial charge is 0.478 e. The van der Waals surface area contributed by atoms with Gasteiger partial charge in [0.2, 0.25) is 0 Å². The average Bonchev–Trinajstić information content (AvgIpc) is 2.40. The van der Waals surface area contributed by atoms with E-state index in [4.69, 9.17) is 11.6 Å². The number of rotatable bonds is 3. The van der Waals surface area contributed by atoms with Gasteiger partial charge in [-0.1, -0.05) is 48.0 Å². The summed E-state index contributed by atoms with van der Waals surface area (Å²) < 4.78 is 13.3. The Labute approximate surface area is 114 Å². The lowest BCUT2D eigenvalue weighted by Crippen LogP contribution is -1.99. The van der Waals surface area contributed by atoms with E-state index in [9.17, 15) is 14.3 Å². The van der Waals surface area contributed by atoms with Gasteiger partial charge in [-0.05, 0) is 29.3 Å². The Morgan fingerprint density at radius 3 is 2.42 bits per heavy atom. The van der Waals surface area contributed by atoms with Crippen molar-refractivity contribution in [2.45, 2.75) is 0 Å². The quantitative estimate of drug-likeness (QED) is 0.677. The fraction of sp³-hybridized carbons (Fsp3) is 0. The van der Waals surface area contributed by atoms with E-state index in [1.54, 1.807) is 36.4 Å². The molecule has 0 aliphatic rings. The molecule has 2 aromatic carbocycles. The van der Waals surface area contributed by atoms with Crippen molar-refractivity contribution >= 4 is 29.2 Å². The topological polar surface area (TPSA) is 37.3 Å². The standard InChI is InChI=1S/C15H10ClFO2/c16-13-7-6-10(9-14(13)17)8-12(15(18)19)11-4-2-1-3-5-11/h1-9H,(H,18,19). The fourth-order valence-corrected chi connectivity index (χ4v) is 1.77. The van der Waals surface area contributed by atoms with Crippen LogP contribution in [-0.4, -0.2) is 11.1 Å². The maximum Gasteiger partial charge on any atom is 0.336 e. The predicted octanol–water partition coefficient (Wildman–Crippen LogP) is 4.10. The zero-order valence-electron chi connectivity index (χ0n) is 9.81. The minimum atomic E-state index is -1.07. The summed E-state index contributed by atoms with van der Waals surface area (Å²) in [6, 6.07) is 12.8. The van der Waals surface area contributed by atoms with Crippen molar-refractivity contribution < 1.29 is 14.3 Å². The van der Waals surface area contributed by atoms with Crippen molar-refractivity contribution in [3.05, 3.63) is 70.5 Å². The number of carbonyl (C=O) groups is 1. The Balaban J connectivity index is 2.47. The van der Waals surface area contributed by atoms with Gasteiger partial charge in [-0.15, -0.1) is 0 Å². The molecule has 2 rings (SSSR count). The van der Waals surface area contributed by atoms with Crippen molar-refractivity contribution in [1.29, 1.82) is 0 Å². The third kappa shape index (κ3) is 3.20. The van der Waals surface area contributed by atoms with Crippen LogP contribution in [0, 0.1) is 5.82 Å². The molecule has 1 N–H and O–H groups in total. The number of benzene rings is 2. The molecule has 0 saturated carbocycles. The zero-order chi connectivity index (χ0) is 13.8.